The molecule has 6 heteroatoms. The topological polar surface area (TPSA) is 65.6 Å². The lowest BCUT2D eigenvalue weighted by molar-refractivity contribution is 0.0178. The van der Waals surface area contributed by atoms with Crippen molar-refractivity contribution in [2.75, 3.05) is 25.5 Å². The third-order valence-electron chi connectivity index (χ3n) is 4.89. The summed E-state index contributed by atoms with van der Waals surface area (Å²) in [6.07, 6.45) is 6.76. The number of anilines is 1. The molecular formula is C15H26N4O2. The van der Waals surface area contributed by atoms with Gasteiger partial charge < -0.3 is 14.5 Å². The summed E-state index contributed by atoms with van der Waals surface area (Å²) in [5.41, 5.74) is 0. The van der Waals surface area contributed by atoms with Gasteiger partial charge in [0.25, 0.3) is 5.95 Å². The molecular weight excluding hydrogens is 268 g/mol. The molecule has 1 aliphatic heterocycles. The minimum atomic E-state index is -0.135. The molecule has 2 fully saturated rings. The van der Waals surface area contributed by atoms with Crippen LogP contribution in [0.15, 0.2) is 4.52 Å². The molecule has 0 unspecified atom stereocenters. The first kappa shape index (κ1) is 14.8. The number of aliphatic hydroxyl groups is 1. The van der Waals surface area contributed by atoms with E-state index in [4.69, 9.17) is 4.52 Å². The molecule has 1 N–H and O–H groups in total. The average molecular weight is 294 g/mol. The van der Waals surface area contributed by atoms with Crippen LogP contribution in [0.3, 0.4) is 0 Å². The first-order chi connectivity index (χ1) is 10.1. The Morgan fingerprint density at radius 1 is 1.24 bits per heavy atom. The molecule has 1 saturated heterocycles. The van der Waals surface area contributed by atoms with Crippen molar-refractivity contribution in [2.45, 2.75) is 57.2 Å². The Kier molecular flexibility index (Phi) is 4.45. The molecule has 118 valence electrons. The van der Waals surface area contributed by atoms with Crippen molar-refractivity contribution in [1.29, 1.82) is 0 Å². The molecule has 0 bridgehead atoms. The first-order valence-corrected chi connectivity index (χ1v) is 8.07. The molecule has 2 aliphatic rings. The maximum atomic E-state index is 10.3. The second kappa shape index (κ2) is 6.32. The standard InChI is InChI=1S/C15H26N4O2/c1-18(2)15-16-14(21-17-15)10-19-9-5-7-12(19)11-6-3-4-8-13(11)20/h11-13,20H,3-10H2,1-2H3/t11-,12-,13+/m1/s1. The number of likely N-dealkylation sites (tertiary alicyclic amines) is 1. The van der Waals surface area contributed by atoms with Crippen molar-refractivity contribution >= 4 is 5.95 Å². The van der Waals surface area contributed by atoms with E-state index < -0.39 is 0 Å². The summed E-state index contributed by atoms with van der Waals surface area (Å²) in [6.45, 7) is 1.77. The number of nitrogens with zero attached hydrogens (tertiary/aromatic N) is 4. The number of hydrogen-bond acceptors (Lipinski definition) is 6. The summed E-state index contributed by atoms with van der Waals surface area (Å²) < 4.78 is 5.34. The van der Waals surface area contributed by atoms with E-state index in [-0.39, 0.29) is 6.10 Å². The van der Waals surface area contributed by atoms with Gasteiger partial charge in [-0.15, -0.1) is 0 Å². The monoisotopic (exact) mass is 294 g/mol. The van der Waals surface area contributed by atoms with E-state index in [2.05, 4.69) is 15.0 Å². The molecule has 0 aromatic carbocycles. The van der Waals surface area contributed by atoms with E-state index in [0.717, 1.165) is 19.4 Å². The number of rotatable bonds is 4. The van der Waals surface area contributed by atoms with Gasteiger partial charge >= 0.3 is 0 Å². The first-order valence-electron chi connectivity index (χ1n) is 8.07. The average Bonchev–Trinajstić information content (AvgIpc) is 3.09. The van der Waals surface area contributed by atoms with Crippen LogP contribution in [-0.4, -0.2) is 52.9 Å². The SMILES string of the molecule is CN(C)c1noc(CN2CCC[C@@H]2[C@H]2CCCC[C@@H]2O)n1. The van der Waals surface area contributed by atoms with Gasteiger partial charge in [0.2, 0.25) is 5.89 Å². The fraction of sp³-hybridized carbons (Fsp3) is 0.867. The Balaban J connectivity index is 1.65. The van der Waals surface area contributed by atoms with Crippen molar-refractivity contribution in [2.24, 2.45) is 5.92 Å². The fourth-order valence-corrected chi connectivity index (χ4v) is 3.79. The molecule has 2 heterocycles. The highest BCUT2D eigenvalue weighted by atomic mass is 16.5. The second-order valence-electron chi connectivity index (χ2n) is 6.58. The second-order valence-corrected chi connectivity index (χ2v) is 6.58. The van der Waals surface area contributed by atoms with Gasteiger partial charge in [-0.05, 0) is 37.4 Å². The lowest BCUT2D eigenvalue weighted by Crippen LogP contribution is -2.42. The summed E-state index contributed by atoms with van der Waals surface area (Å²) in [7, 11) is 3.82. The largest absolute Gasteiger partial charge is 0.393 e. The molecule has 0 radical (unpaired) electrons. The van der Waals surface area contributed by atoms with Crippen LogP contribution in [0.25, 0.3) is 0 Å². The summed E-state index contributed by atoms with van der Waals surface area (Å²) >= 11 is 0. The lowest BCUT2D eigenvalue weighted by Gasteiger charge is -2.36. The van der Waals surface area contributed by atoms with Crippen molar-refractivity contribution in [3.63, 3.8) is 0 Å². The van der Waals surface area contributed by atoms with E-state index in [9.17, 15) is 5.11 Å². The van der Waals surface area contributed by atoms with Crippen LogP contribution in [0.4, 0.5) is 5.95 Å². The van der Waals surface area contributed by atoms with Gasteiger partial charge in [-0.1, -0.05) is 12.8 Å². The maximum absolute atomic E-state index is 10.3. The smallest absolute Gasteiger partial charge is 0.265 e. The van der Waals surface area contributed by atoms with Crippen LogP contribution in [0, 0.1) is 5.92 Å². The maximum Gasteiger partial charge on any atom is 0.265 e. The minimum absolute atomic E-state index is 0.135. The lowest BCUT2D eigenvalue weighted by atomic mass is 9.80. The van der Waals surface area contributed by atoms with Gasteiger partial charge in [0.1, 0.15) is 0 Å². The Morgan fingerprint density at radius 2 is 2.05 bits per heavy atom. The Morgan fingerprint density at radius 3 is 2.76 bits per heavy atom. The van der Waals surface area contributed by atoms with Crippen LogP contribution in [0.2, 0.25) is 0 Å². The molecule has 1 aromatic heterocycles. The van der Waals surface area contributed by atoms with Crippen LogP contribution in [0.5, 0.6) is 0 Å². The van der Waals surface area contributed by atoms with Gasteiger partial charge in [-0.25, -0.2) is 0 Å². The van der Waals surface area contributed by atoms with Crippen LogP contribution in [-0.2, 0) is 6.54 Å². The van der Waals surface area contributed by atoms with E-state index >= 15 is 0 Å². The summed E-state index contributed by atoms with van der Waals surface area (Å²) in [4.78, 5) is 8.69. The molecule has 3 rings (SSSR count). The van der Waals surface area contributed by atoms with E-state index in [1.165, 1.54) is 25.7 Å². The zero-order valence-corrected chi connectivity index (χ0v) is 13.0. The van der Waals surface area contributed by atoms with Gasteiger partial charge in [-0.3, -0.25) is 4.90 Å². The quantitative estimate of drug-likeness (QED) is 0.911. The van der Waals surface area contributed by atoms with Crippen LogP contribution in [0.1, 0.15) is 44.4 Å². The predicted molar refractivity (Wildman–Crippen MR) is 80.0 cm³/mol. The highest BCUT2D eigenvalue weighted by Gasteiger charge is 2.37. The van der Waals surface area contributed by atoms with Crippen LogP contribution < -0.4 is 4.90 Å². The molecule has 1 saturated carbocycles. The van der Waals surface area contributed by atoms with Crippen molar-refractivity contribution < 1.29 is 9.63 Å². The third-order valence-corrected chi connectivity index (χ3v) is 4.89. The van der Waals surface area contributed by atoms with Crippen molar-refractivity contribution in [1.82, 2.24) is 15.0 Å². The number of hydrogen-bond donors (Lipinski definition) is 1. The summed E-state index contributed by atoms with van der Waals surface area (Å²) in [5, 5.41) is 14.3. The number of aliphatic hydroxyl groups excluding tert-OH is 1. The fourth-order valence-electron chi connectivity index (χ4n) is 3.79. The van der Waals surface area contributed by atoms with Crippen LogP contribution >= 0.6 is 0 Å². The third kappa shape index (κ3) is 3.21. The normalized spacial score (nSPS) is 30.7. The molecule has 21 heavy (non-hydrogen) atoms. The highest BCUT2D eigenvalue weighted by molar-refractivity contribution is 5.23. The Bertz CT molecular complexity index is 462. The van der Waals surface area contributed by atoms with Gasteiger partial charge in [-0.2, -0.15) is 4.98 Å². The van der Waals surface area contributed by atoms with E-state index in [0.29, 0.717) is 30.3 Å². The highest BCUT2D eigenvalue weighted by Crippen LogP contribution is 2.35. The zero-order valence-electron chi connectivity index (χ0n) is 13.0. The van der Waals surface area contributed by atoms with E-state index in [1.807, 2.05) is 19.0 Å². The van der Waals surface area contributed by atoms with Gasteiger partial charge in [0.15, 0.2) is 0 Å². The minimum Gasteiger partial charge on any atom is -0.393 e. The molecule has 6 nitrogen and oxygen atoms in total. The molecule has 0 spiro atoms. The Labute approximate surface area is 126 Å². The predicted octanol–water partition coefficient (Wildman–Crippen LogP) is 1.65. The summed E-state index contributed by atoms with van der Waals surface area (Å²) in [6, 6.07) is 0.468. The number of aromatic nitrogens is 2. The molecule has 1 aromatic rings. The Hall–Kier alpha value is -1.14. The van der Waals surface area contributed by atoms with Gasteiger partial charge in [0, 0.05) is 26.1 Å². The zero-order chi connectivity index (χ0) is 14.8. The van der Waals surface area contributed by atoms with Crippen molar-refractivity contribution in [3.8, 4) is 0 Å². The molecule has 1 aliphatic carbocycles. The molecule has 3 atom stereocenters. The molecule has 0 amide bonds. The van der Waals surface area contributed by atoms with Crippen molar-refractivity contribution in [3.05, 3.63) is 5.89 Å². The summed E-state index contributed by atoms with van der Waals surface area (Å²) in [5.74, 6) is 1.71. The van der Waals surface area contributed by atoms with E-state index in [1.54, 1.807) is 0 Å². The van der Waals surface area contributed by atoms with Gasteiger partial charge in [0.05, 0.1) is 12.6 Å².